The first kappa shape index (κ1) is 10.4. The van der Waals surface area contributed by atoms with Crippen LogP contribution in [0, 0.1) is 5.92 Å². The lowest BCUT2D eigenvalue weighted by Gasteiger charge is -2.34. The van der Waals surface area contributed by atoms with Crippen LogP contribution >= 0.6 is 0 Å². The first-order valence-electron chi connectivity index (χ1n) is 4.48. The van der Waals surface area contributed by atoms with Crippen molar-refractivity contribution in [3.05, 3.63) is 0 Å². The number of hydrazine groups is 1. The second-order valence-corrected chi connectivity index (χ2v) is 3.76. The van der Waals surface area contributed by atoms with E-state index >= 15 is 0 Å². The van der Waals surface area contributed by atoms with Gasteiger partial charge in [0, 0.05) is 6.54 Å². The van der Waals surface area contributed by atoms with E-state index in [0.29, 0.717) is 12.5 Å². The van der Waals surface area contributed by atoms with Crippen LogP contribution in [0.2, 0.25) is 0 Å². The molecule has 0 radical (unpaired) electrons. The van der Waals surface area contributed by atoms with Crippen LogP contribution < -0.4 is 11.3 Å². The van der Waals surface area contributed by atoms with Crippen LogP contribution in [0.3, 0.4) is 0 Å². The fourth-order valence-electron chi connectivity index (χ4n) is 1.65. The Hall–Kier alpha value is -0.650. The highest BCUT2D eigenvalue weighted by molar-refractivity contribution is 5.77. The van der Waals surface area contributed by atoms with Crippen LogP contribution in [0.1, 0.15) is 12.8 Å². The molecule has 1 aliphatic rings. The fourth-order valence-corrected chi connectivity index (χ4v) is 1.65. The van der Waals surface area contributed by atoms with Crippen LogP contribution in [-0.4, -0.2) is 42.2 Å². The summed E-state index contributed by atoms with van der Waals surface area (Å²) in [5, 5.41) is 9.04. The lowest BCUT2D eigenvalue weighted by Crippen LogP contribution is -2.43. The van der Waals surface area contributed by atoms with Crippen LogP contribution in [0.15, 0.2) is 0 Å². The number of likely N-dealkylation sites (N-methyl/N-ethyl adjacent to an activating group) is 1. The van der Waals surface area contributed by atoms with Crippen molar-refractivity contribution in [3.8, 4) is 0 Å². The van der Waals surface area contributed by atoms with Gasteiger partial charge >= 0.3 is 0 Å². The van der Waals surface area contributed by atoms with E-state index in [1.54, 1.807) is 0 Å². The lowest BCUT2D eigenvalue weighted by atomic mass is 9.82. The van der Waals surface area contributed by atoms with Gasteiger partial charge in [-0.25, -0.2) is 5.84 Å². The Balaban J connectivity index is 2.11. The summed E-state index contributed by atoms with van der Waals surface area (Å²) in [6.45, 7) is 1.17. The molecule has 0 aromatic heterocycles. The van der Waals surface area contributed by atoms with E-state index in [9.17, 15) is 4.79 Å². The van der Waals surface area contributed by atoms with E-state index in [0.717, 1.165) is 19.4 Å². The van der Waals surface area contributed by atoms with Crippen molar-refractivity contribution in [2.75, 3.05) is 20.1 Å². The third kappa shape index (κ3) is 3.30. The second kappa shape index (κ2) is 4.55. The van der Waals surface area contributed by atoms with Crippen molar-refractivity contribution < 1.29 is 9.90 Å². The molecular formula is C8H17N3O2. The van der Waals surface area contributed by atoms with Crippen LogP contribution in [0.5, 0.6) is 0 Å². The predicted molar refractivity (Wildman–Crippen MR) is 48.6 cm³/mol. The van der Waals surface area contributed by atoms with Crippen molar-refractivity contribution in [2.24, 2.45) is 11.8 Å². The van der Waals surface area contributed by atoms with Gasteiger partial charge in [-0.15, -0.1) is 0 Å². The summed E-state index contributed by atoms with van der Waals surface area (Å²) in [5.41, 5.74) is 2.08. The van der Waals surface area contributed by atoms with Crippen LogP contribution in [-0.2, 0) is 4.79 Å². The van der Waals surface area contributed by atoms with E-state index in [1.165, 1.54) is 0 Å². The summed E-state index contributed by atoms with van der Waals surface area (Å²) in [6, 6.07) is 0. The van der Waals surface area contributed by atoms with Gasteiger partial charge in [-0.2, -0.15) is 0 Å². The third-order valence-electron chi connectivity index (χ3n) is 2.36. The van der Waals surface area contributed by atoms with E-state index in [4.69, 9.17) is 10.9 Å². The standard InChI is InChI=1S/C8H17N3O2/c1-11(5-8(13)10-9)4-6-2-7(12)3-6/h6-7,12H,2-5,9H2,1H3,(H,10,13). The van der Waals surface area contributed by atoms with Crippen molar-refractivity contribution >= 4 is 5.91 Å². The molecule has 13 heavy (non-hydrogen) atoms. The molecule has 0 aromatic carbocycles. The molecule has 1 rings (SSSR count). The maximum atomic E-state index is 10.8. The summed E-state index contributed by atoms with van der Waals surface area (Å²) in [4.78, 5) is 12.8. The summed E-state index contributed by atoms with van der Waals surface area (Å²) in [6.07, 6.45) is 1.59. The quantitative estimate of drug-likeness (QED) is 0.290. The monoisotopic (exact) mass is 187 g/mol. The van der Waals surface area contributed by atoms with Crippen LogP contribution in [0.25, 0.3) is 0 Å². The molecule has 0 atom stereocenters. The fraction of sp³-hybridized carbons (Fsp3) is 0.875. The zero-order chi connectivity index (χ0) is 9.84. The molecule has 0 unspecified atom stereocenters. The molecule has 5 nitrogen and oxygen atoms in total. The topological polar surface area (TPSA) is 78.6 Å². The maximum Gasteiger partial charge on any atom is 0.248 e. The van der Waals surface area contributed by atoms with Crippen molar-refractivity contribution in [1.29, 1.82) is 0 Å². The Morgan fingerprint density at radius 1 is 1.69 bits per heavy atom. The van der Waals surface area contributed by atoms with E-state index in [2.05, 4.69) is 5.43 Å². The molecule has 0 heterocycles. The number of hydrogen-bond acceptors (Lipinski definition) is 4. The van der Waals surface area contributed by atoms with Gasteiger partial charge in [0.05, 0.1) is 12.6 Å². The number of aliphatic hydroxyl groups is 1. The molecule has 1 saturated carbocycles. The number of aliphatic hydroxyl groups excluding tert-OH is 1. The average molecular weight is 187 g/mol. The molecule has 0 aliphatic heterocycles. The molecule has 1 fully saturated rings. The van der Waals surface area contributed by atoms with E-state index < -0.39 is 0 Å². The number of carbonyl (C=O) groups excluding carboxylic acids is 1. The molecule has 0 spiro atoms. The Bertz CT molecular complexity index is 180. The molecule has 4 N–H and O–H groups in total. The molecule has 0 saturated heterocycles. The van der Waals surface area contributed by atoms with Gasteiger partial charge in [0.1, 0.15) is 0 Å². The number of amides is 1. The van der Waals surface area contributed by atoms with E-state index in [-0.39, 0.29) is 12.0 Å². The number of hydrogen-bond donors (Lipinski definition) is 3. The molecule has 5 heteroatoms. The van der Waals surface area contributed by atoms with E-state index in [1.807, 2.05) is 11.9 Å². The number of nitrogens with one attached hydrogen (secondary N) is 1. The zero-order valence-electron chi connectivity index (χ0n) is 7.86. The van der Waals surface area contributed by atoms with Gasteiger partial charge in [0.25, 0.3) is 0 Å². The second-order valence-electron chi connectivity index (χ2n) is 3.76. The highest BCUT2D eigenvalue weighted by Crippen LogP contribution is 2.27. The summed E-state index contributed by atoms with van der Waals surface area (Å²) in [7, 11) is 1.87. The van der Waals surface area contributed by atoms with Crippen LogP contribution in [0.4, 0.5) is 0 Å². The SMILES string of the molecule is CN(CC(=O)NN)CC1CC(O)C1. The normalized spacial score (nSPS) is 27.1. The first-order valence-corrected chi connectivity index (χ1v) is 4.48. The molecule has 0 bridgehead atoms. The Morgan fingerprint density at radius 2 is 2.31 bits per heavy atom. The Kier molecular flexibility index (Phi) is 3.65. The van der Waals surface area contributed by atoms with Gasteiger partial charge in [-0.1, -0.05) is 0 Å². The number of nitrogens with two attached hydrogens (primary N) is 1. The minimum atomic E-state index is -0.178. The van der Waals surface area contributed by atoms with Gasteiger partial charge in [-0.05, 0) is 25.8 Å². The summed E-state index contributed by atoms with van der Waals surface area (Å²) in [5.74, 6) is 5.31. The van der Waals surface area contributed by atoms with Crippen molar-refractivity contribution in [3.63, 3.8) is 0 Å². The largest absolute Gasteiger partial charge is 0.393 e. The predicted octanol–water partition coefficient (Wildman–Crippen LogP) is -1.32. The van der Waals surface area contributed by atoms with Gasteiger partial charge in [0.2, 0.25) is 5.91 Å². The Labute approximate surface area is 77.9 Å². The summed E-state index contributed by atoms with van der Waals surface area (Å²) >= 11 is 0. The molecule has 0 aromatic rings. The van der Waals surface area contributed by atoms with Gasteiger partial charge in [0.15, 0.2) is 0 Å². The van der Waals surface area contributed by atoms with Crippen molar-refractivity contribution in [2.45, 2.75) is 18.9 Å². The smallest absolute Gasteiger partial charge is 0.248 e. The highest BCUT2D eigenvalue weighted by Gasteiger charge is 2.28. The summed E-state index contributed by atoms with van der Waals surface area (Å²) < 4.78 is 0. The minimum absolute atomic E-state index is 0.123. The first-order chi connectivity index (χ1) is 6.11. The number of nitrogens with zero attached hydrogens (tertiary/aromatic N) is 1. The van der Waals surface area contributed by atoms with Gasteiger partial charge < -0.3 is 5.11 Å². The lowest BCUT2D eigenvalue weighted by molar-refractivity contribution is -0.122. The van der Waals surface area contributed by atoms with Gasteiger partial charge in [-0.3, -0.25) is 15.1 Å². The molecule has 1 amide bonds. The number of rotatable bonds is 4. The molecule has 76 valence electrons. The highest BCUT2D eigenvalue weighted by atomic mass is 16.3. The number of carbonyl (C=O) groups is 1. The molecular weight excluding hydrogens is 170 g/mol. The average Bonchev–Trinajstić information content (AvgIpc) is 2.01. The maximum absolute atomic E-state index is 10.8. The van der Waals surface area contributed by atoms with Crippen molar-refractivity contribution in [1.82, 2.24) is 10.3 Å². The minimum Gasteiger partial charge on any atom is -0.393 e. The molecule has 1 aliphatic carbocycles. The zero-order valence-corrected chi connectivity index (χ0v) is 7.86. The third-order valence-corrected chi connectivity index (χ3v) is 2.36. The Morgan fingerprint density at radius 3 is 2.77 bits per heavy atom.